The average molecular weight is 368 g/mol. The van der Waals surface area contributed by atoms with Crippen molar-refractivity contribution in [3.8, 4) is 22.3 Å². The Morgan fingerprint density at radius 2 is 1.35 bits per heavy atom. The Kier molecular flexibility index (Phi) is 4.26. The van der Waals surface area contributed by atoms with Gasteiger partial charge in [0.25, 0.3) is 5.69 Å². The normalized spacial score (nSPS) is 10.5. The molecule has 3 aromatic rings. The maximum atomic E-state index is 11.2. The molecule has 0 aliphatic rings. The fourth-order valence-corrected chi connectivity index (χ4v) is 2.96. The van der Waals surface area contributed by atoms with Crippen LogP contribution in [0.4, 0.5) is 5.69 Å². The van der Waals surface area contributed by atoms with Crippen LogP contribution >= 0.6 is 15.9 Å². The van der Waals surface area contributed by atoms with E-state index in [2.05, 4.69) is 28.1 Å². The highest BCUT2D eigenvalue weighted by molar-refractivity contribution is 9.10. The van der Waals surface area contributed by atoms with Crippen molar-refractivity contribution in [3.05, 3.63) is 86.9 Å². The summed E-state index contributed by atoms with van der Waals surface area (Å²) in [5.74, 6) is 0. The van der Waals surface area contributed by atoms with E-state index in [-0.39, 0.29) is 10.6 Å². The Labute approximate surface area is 142 Å². The fraction of sp³-hybridized carbons (Fsp3) is 0.0526. The van der Waals surface area contributed by atoms with Gasteiger partial charge in [0, 0.05) is 16.1 Å². The molecule has 0 fully saturated rings. The molecule has 0 bridgehead atoms. The van der Waals surface area contributed by atoms with E-state index >= 15 is 0 Å². The van der Waals surface area contributed by atoms with Gasteiger partial charge in [0.1, 0.15) is 0 Å². The van der Waals surface area contributed by atoms with Crippen molar-refractivity contribution >= 4 is 21.6 Å². The third kappa shape index (κ3) is 3.17. The molecule has 4 heteroatoms. The minimum atomic E-state index is -0.345. The zero-order valence-electron chi connectivity index (χ0n) is 12.5. The summed E-state index contributed by atoms with van der Waals surface area (Å²) in [6.07, 6.45) is 0. The van der Waals surface area contributed by atoms with Crippen molar-refractivity contribution in [2.75, 3.05) is 0 Å². The SMILES string of the molecule is Cc1c(Br)cc(-c2ccc(-c3ccccc3)cc2)cc1[N+](=O)[O-]. The Balaban J connectivity index is 2.01. The van der Waals surface area contributed by atoms with Gasteiger partial charge in [0.05, 0.1) is 4.92 Å². The van der Waals surface area contributed by atoms with E-state index in [1.54, 1.807) is 13.0 Å². The highest BCUT2D eigenvalue weighted by atomic mass is 79.9. The molecule has 3 aromatic carbocycles. The minimum absolute atomic E-state index is 0.126. The predicted octanol–water partition coefficient (Wildman–Crippen LogP) is 6.00. The van der Waals surface area contributed by atoms with E-state index in [1.807, 2.05) is 48.5 Å². The molecule has 0 aromatic heterocycles. The minimum Gasteiger partial charge on any atom is -0.258 e. The lowest BCUT2D eigenvalue weighted by atomic mass is 9.99. The van der Waals surface area contributed by atoms with E-state index in [4.69, 9.17) is 0 Å². The van der Waals surface area contributed by atoms with Crippen LogP contribution in [0.25, 0.3) is 22.3 Å². The van der Waals surface area contributed by atoms with Gasteiger partial charge in [0.15, 0.2) is 0 Å². The van der Waals surface area contributed by atoms with Crippen LogP contribution in [0.15, 0.2) is 71.2 Å². The molecule has 114 valence electrons. The first-order chi connectivity index (χ1) is 11.1. The van der Waals surface area contributed by atoms with Gasteiger partial charge in [-0.15, -0.1) is 0 Å². The lowest BCUT2D eigenvalue weighted by Crippen LogP contribution is -1.93. The molecular weight excluding hydrogens is 354 g/mol. The van der Waals surface area contributed by atoms with Crippen LogP contribution in [0.1, 0.15) is 5.56 Å². The molecule has 0 atom stereocenters. The van der Waals surface area contributed by atoms with Gasteiger partial charge in [-0.1, -0.05) is 70.5 Å². The van der Waals surface area contributed by atoms with Crippen molar-refractivity contribution in [3.63, 3.8) is 0 Å². The maximum absolute atomic E-state index is 11.2. The van der Waals surface area contributed by atoms with Gasteiger partial charge in [-0.3, -0.25) is 10.1 Å². The first kappa shape index (κ1) is 15.4. The number of rotatable bonds is 3. The van der Waals surface area contributed by atoms with Crippen LogP contribution in [-0.2, 0) is 0 Å². The molecule has 23 heavy (non-hydrogen) atoms. The smallest absolute Gasteiger partial charge is 0.258 e. The third-order valence-corrected chi connectivity index (χ3v) is 4.66. The number of nitrogens with zero attached hydrogens (tertiary/aromatic N) is 1. The van der Waals surface area contributed by atoms with E-state index in [1.165, 1.54) is 0 Å². The summed E-state index contributed by atoms with van der Waals surface area (Å²) in [5, 5.41) is 11.2. The van der Waals surface area contributed by atoms with Crippen LogP contribution < -0.4 is 0 Å². The predicted molar refractivity (Wildman–Crippen MR) is 96.4 cm³/mol. The molecule has 0 saturated carbocycles. The highest BCUT2D eigenvalue weighted by Gasteiger charge is 2.15. The first-order valence-corrected chi connectivity index (χ1v) is 7.96. The molecule has 0 spiro atoms. The summed E-state index contributed by atoms with van der Waals surface area (Å²) in [6, 6.07) is 21.7. The zero-order chi connectivity index (χ0) is 16.4. The molecule has 3 rings (SSSR count). The summed E-state index contributed by atoms with van der Waals surface area (Å²) in [5.41, 5.74) is 4.81. The quantitative estimate of drug-likeness (QED) is 0.420. The van der Waals surface area contributed by atoms with Gasteiger partial charge < -0.3 is 0 Å². The Morgan fingerprint density at radius 1 is 0.826 bits per heavy atom. The number of hydrogen-bond acceptors (Lipinski definition) is 2. The van der Waals surface area contributed by atoms with Crippen molar-refractivity contribution in [1.82, 2.24) is 0 Å². The molecule has 0 N–H and O–H groups in total. The number of nitro groups is 1. The van der Waals surface area contributed by atoms with Gasteiger partial charge in [0.2, 0.25) is 0 Å². The van der Waals surface area contributed by atoms with Crippen molar-refractivity contribution in [1.29, 1.82) is 0 Å². The van der Waals surface area contributed by atoms with Gasteiger partial charge >= 0.3 is 0 Å². The molecule has 3 nitrogen and oxygen atoms in total. The zero-order valence-corrected chi connectivity index (χ0v) is 14.1. The Morgan fingerprint density at radius 3 is 1.91 bits per heavy atom. The lowest BCUT2D eigenvalue weighted by molar-refractivity contribution is -0.385. The van der Waals surface area contributed by atoms with E-state index in [0.29, 0.717) is 5.56 Å². The first-order valence-electron chi connectivity index (χ1n) is 7.16. The molecule has 0 saturated heterocycles. The van der Waals surface area contributed by atoms with Gasteiger partial charge in [-0.2, -0.15) is 0 Å². The molecule has 0 aliphatic carbocycles. The summed E-state index contributed by atoms with van der Waals surface area (Å²) >= 11 is 3.41. The monoisotopic (exact) mass is 367 g/mol. The number of nitro benzene ring substituents is 1. The fourth-order valence-electron chi connectivity index (χ4n) is 2.51. The van der Waals surface area contributed by atoms with Crippen LogP contribution in [-0.4, -0.2) is 4.92 Å². The number of halogens is 1. The topological polar surface area (TPSA) is 43.1 Å². The Bertz CT molecular complexity index is 859. The van der Waals surface area contributed by atoms with Crippen LogP contribution in [0.2, 0.25) is 0 Å². The summed E-state index contributed by atoms with van der Waals surface area (Å²) in [7, 11) is 0. The van der Waals surface area contributed by atoms with Crippen molar-refractivity contribution in [2.45, 2.75) is 6.92 Å². The van der Waals surface area contributed by atoms with Gasteiger partial charge in [-0.25, -0.2) is 0 Å². The standard InChI is InChI=1S/C19H14BrNO2/c1-13-18(20)11-17(12-19(13)21(22)23)16-9-7-15(8-10-16)14-5-3-2-4-6-14/h2-12H,1H3. The van der Waals surface area contributed by atoms with Crippen LogP contribution in [0, 0.1) is 17.0 Å². The van der Waals surface area contributed by atoms with Crippen LogP contribution in [0.5, 0.6) is 0 Å². The Hall–Kier alpha value is -2.46. The summed E-state index contributed by atoms with van der Waals surface area (Å²) < 4.78 is 0.744. The van der Waals surface area contributed by atoms with E-state index < -0.39 is 0 Å². The summed E-state index contributed by atoms with van der Waals surface area (Å²) in [4.78, 5) is 10.8. The molecule has 0 radical (unpaired) electrons. The maximum Gasteiger partial charge on any atom is 0.274 e. The molecule has 0 heterocycles. The lowest BCUT2D eigenvalue weighted by Gasteiger charge is -2.07. The summed E-state index contributed by atoms with van der Waals surface area (Å²) in [6.45, 7) is 1.74. The van der Waals surface area contributed by atoms with E-state index in [9.17, 15) is 10.1 Å². The highest BCUT2D eigenvalue weighted by Crippen LogP contribution is 2.33. The number of hydrogen-bond donors (Lipinski definition) is 0. The molecular formula is C19H14BrNO2. The van der Waals surface area contributed by atoms with Crippen LogP contribution in [0.3, 0.4) is 0 Å². The van der Waals surface area contributed by atoms with Gasteiger partial charge in [-0.05, 0) is 35.2 Å². The van der Waals surface area contributed by atoms with Crippen molar-refractivity contribution < 1.29 is 4.92 Å². The molecule has 0 amide bonds. The second-order valence-corrected chi connectivity index (χ2v) is 6.16. The third-order valence-electron chi connectivity index (χ3n) is 3.84. The largest absolute Gasteiger partial charge is 0.274 e. The van der Waals surface area contributed by atoms with E-state index in [0.717, 1.165) is 26.7 Å². The molecule has 0 aliphatic heterocycles. The second kappa shape index (κ2) is 6.34. The average Bonchev–Trinajstić information content (AvgIpc) is 2.58. The molecule has 0 unspecified atom stereocenters. The van der Waals surface area contributed by atoms with Crippen molar-refractivity contribution in [2.24, 2.45) is 0 Å². The number of benzene rings is 3. The second-order valence-electron chi connectivity index (χ2n) is 5.30.